The summed E-state index contributed by atoms with van der Waals surface area (Å²) in [5, 5.41) is 19.5. The summed E-state index contributed by atoms with van der Waals surface area (Å²) in [6.07, 6.45) is 3.38. The second-order valence-electron chi connectivity index (χ2n) is 14.6. The molecule has 3 aromatic rings. The van der Waals surface area contributed by atoms with Crippen LogP contribution in [0.4, 0.5) is 9.59 Å². The molecular weight excluding hydrogens is 660 g/mol. The Kier molecular flexibility index (Phi) is 13.1. The van der Waals surface area contributed by atoms with Gasteiger partial charge in [-0.05, 0) is 99.5 Å². The lowest BCUT2D eigenvalue weighted by atomic mass is 9.82. The number of fused-ring (bicyclic) bond motifs is 3. The van der Waals surface area contributed by atoms with Crippen molar-refractivity contribution in [2.24, 2.45) is 16.9 Å². The molecule has 0 radical (unpaired) electrons. The molecular formula is C41H50N4O7. The van der Waals surface area contributed by atoms with E-state index < -0.39 is 35.7 Å². The summed E-state index contributed by atoms with van der Waals surface area (Å²) < 4.78 is 11.5. The number of aliphatic carboxylic acids is 1. The molecule has 1 fully saturated rings. The molecule has 3 aromatic carbocycles. The highest BCUT2D eigenvalue weighted by Gasteiger charge is 2.31. The van der Waals surface area contributed by atoms with Gasteiger partial charge in [-0.3, -0.25) is 9.59 Å². The Morgan fingerprint density at radius 2 is 1.48 bits per heavy atom. The Labute approximate surface area is 305 Å². The fraction of sp³-hybridized carbons (Fsp3) is 0.439. The van der Waals surface area contributed by atoms with Crippen molar-refractivity contribution in [1.29, 1.82) is 0 Å². The number of nitrogens with zero attached hydrogens (tertiary/aromatic N) is 1. The van der Waals surface area contributed by atoms with Gasteiger partial charge < -0.3 is 25.2 Å². The molecule has 1 saturated carbocycles. The zero-order valence-electron chi connectivity index (χ0n) is 30.2. The number of urea groups is 1. The number of hydrogen-bond donors (Lipinski definition) is 4. The minimum Gasteiger partial charge on any atom is -0.481 e. The normalized spacial score (nSPS) is 17.6. The van der Waals surface area contributed by atoms with Gasteiger partial charge in [0.1, 0.15) is 12.2 Å². The number of aryl methyl sites for hydroxylation is 1. The van der Waals surface area contributed by atoms with Crippen LogP contribution in [0.3, 0.4) is 0 Å². The van der Waals surface area contributed by atoms with Crippen LogP contribution in [-0.4, -0.2) is 59.7 Å². The molecule has 2 aliphatic rings. The van der Waals surface area contributed by atoms with E-state index in [4.69, 9.17) is 9.47 Å². The first kappa shape index (κ1) is 38.1. The third kappa shape index (κ3) is 10.9. The van der Waals surface area contributed by atoms with Crippen molar-refractivity contribution in [3.63, 3.8) is 0 Å². The Morgan fingerprint density at radius 3 is 2.10 bits per heavy atom. The van der Waals surface area contributed by atoms with Crippen LogP contribution >= 0.6 is 0 Å². The Balaban J connectivity index is 1.29. The highest BCUT2D eigenvalue weighted by molar-refractivity contribution is 5.95. The molecule has 0 bridgehead atoms. The van der Waals surface area contributed by atoms with Gasteiger partial charge in [0.05, 0.1) is 24.1 Å². The molecule has 5 rings (SSSR count). The molecule has 276 valence electrons. The van der Waals surface area contributed by atoms with Crippen LogP contribution in [0, 0.1) is 11.8 Å². The Morgan fingerprint density at radius 1 is 0.865 bits per heavy atom. The molecule has 0 unspecified atom stereocenters. The number of carboxylic acids is 1. The maximum atomic E-state index is 13.5. The lowest BCUT2D eigenvalue weighted by Crippen LogP contribution is -2.45. The van der Waals surface area contributed by atoms with Crippen LogP contribution in [0.1, 0.15) is 88.3 Å². The van der Waals surface area contributed by atoms with E-state index in [1.807, 2.05) is 66.7 Å². The smallest absolute Gasteiger partial charge is 0.407 e. The van der Waals surface area contributed by atoms with Crippen molar-refractivity contribution in [2.45, 2.75) is 89.7 Å². The number of carbonyl (C=O) groups is 4. The van der Waals surface area contributed by atoms with Gasteiger partial charge in [0.15, 0.2) is 0 Å². The van der Waals surface area contributed by atoms with E-state index in [-0.39, 0.29) is 30.8 Å². The van der Waals surface area contributed by atoms with Crippen LogP contribution in [-0.2, 0) is 25.5 Å². The van der Waals surface area contributed by atoms with Crippen LogP contribution in [0.2, 0.25) is 0 Å². The van der Waals surface area contributed by atoms with Crippen molar-refractivity contribution >= 4 is 29.8 Å². The third-order valence-electron chi connectivity index (χ3n) is 9.62. The summed E-state index contributed by atoms with van der Waals surface area (Å²) in [4.78, 5) is 50.9. The molecule has 0 heterocycles. The predicted molar refractivity (Wildman–Crippen MR) is 199 cm³/mol. The summed E-state index contributed by atoms with van der Waals surface area (Å²) in [6.45, 7) is 5.79. The summed E-state index contributed by atoms with van der Waals surface area (Å²) in [6, 6.07) is 24.6. The lowest BCUT2D eigenvalue weighted by molar-refractivity contribution is -0.155. The fourth-order valence-corrected chi connectivity index (χ4v) is 7.02. The van der Waals surface area contributed by atoms with Crippen molar-refractivity contribution in [3.05, 3.63) is 95.6 Å². The summed E-state index contributed by atoms with van der Waals surface area (Å²) in [5.74, 6) is -1.62. The highest BCUT2D eigenvalue weighted by Crippen LogP contribution is 2.44. The quantitative estimate of drug-likeness (QED) is 0.0784. The fourth-order valence-electron chi connectivity index (χ4n) is 7.02. The average molecular weight is 711 g/mol. The topological polar surface area (TPSA) is 155 Å². The number of benzene rings is 3. The Bertz CT molecular complexity index is 1680. The van der Waals surface area contributed by atoms with Crippen LogP contribution in [0.15, 0.2) is 84.0 Å². The number of amides is 3. The Hall–Kier alpha value is -5.19. The summed E-state index contributed by atoms with van der Waals surface area (Å²) in [5.41, 5.74) is 7.72. The lowest BCUT2D eigenvalue weighted by Gasteiger charge is -2.26. The molecule has 11 nitrogen and oxygen atoms in total. The molecule has 0 aliphatic heterocycles. The summed E-state index contributed by atoms with van der Waals surface area (Å²) in [7, 11) is 0. The van der Waals surface area contributed by atoms with Crippen LogP contribution in [0.5, 0.6) is 0 Å². The van der Waals surface area contributed by atoms with E-state index in [2.05, 4.69) is 33.3 Å². The predicted octanol–water partition coefficient (Wildman–Crippen LogP) is 7.19. The van der Waals surface area contributed by atoms with Crippen molar-refractivity contribution in [3.8, 4) is 11.1 Å². The van der Waals surface area contributed by atoms with E-state index in [0.29, 0.717) is 50.8 Å². The molecule has 0 aromatic heterocycles. The maximum Gasteiger partial charge on any atom is 0.407 e. The summed E-state index contributed by atoms with van der Waals surface area (Å²) >= 11 is 0. The van der Waals surface area contributed by atoms with Gasteiger partial charge in [-0.15, -0.1) is 0 Å². The van der Waals surface area contributed by atoms with Crippen molar-refractivity contribution in [2.75, 3.05) is 13.2 Å². The second kappa shape index (κ2) is 17.8. The zero-order chi connectivity index (χ0) is 37.1. The van der Waals surface area contributed by atoms with Gasteiger partial charge >= 0.3 is 24.1 Å². The second-order valence-corrected chi connectivity index (χ2v) is 14.6. The highest BCUT2D eigenvalue weighted by atomic mass is 16.6. The van der Waals surface area contributed by atoms with E-state index in [1.54, 1.807) is 20.8 Å². The van der Waals surface area contributed by atoms with Gasteiger partial charge in [-0.2, -0.15) is 5.10 Å². The largest absolute Gasteiger partial charge is 0.481 e. The first-order valence-corrected chi connectivity index (χ1v) is 18.2. The van der Waals surface area contributed by atoms with Gasteiger partial charge in [-0.1, -0.05) is 78.9 Å². The first-order chi connectivity index (χ1) is 25.0. The minimum atomic E-state index is -0.923. The first-order valence-electron chi connectivity index (χ1n) is 18.2. The SMILES string of the molecule is CC(C)(C)OC(=O)C[C@H](NC(=O)OCC1c2ccccc2-c2ccccc21)/C(CCCc1ccccc1)=N/NC(=O)NCC1CCC(C(=O)O)CC1. The van der Waals surface area contributed by atoms with Gasteiger partial charge in [0.25, 0.3) is 0 Å². The third-order valence-corrected chi connectivity index (χ3v) is 9.62. The molecule has 3 amide bonds. The molecule has 1 atom stereocenters. The van der Waals surface area contributed by atoms with Crippen molar-refractivity contribution in [1.82, 2.24) is 16.1 Å². The monoisotopic (exact) mass is 710 g/mol. The number of carbonyl (C=O) groups excluding carboxylic acids is 3. The number of nitrogens with one attached hydrogen (secondary N) is 3. The van der Waals surface area contributed by atoms with E-state index >= 15 is 0 Å². The average Bonchev–Trinajstić information content (AvgIpc) is 3.44. The molecule has 0 spiro atoms. The molecule has 0 saturated heterocycles. The van der Waals surface area contributed by atoms with Crippen LogP contribution in [0.25, 0.3) is 11.1 Å². The molecule has 11 heteroatoms. The van der Waals surface area contributed by atoms with Gasteiger partial charge in [0.2, 0.25) is 0 Å². The molecule has 52 heavy (non-hydrogen) atoms. The van der Waals surface area contributed by atoms with Gasteiger partial charge in [-0.25, -0.2) is 15.0 Å². The van der Waals surface area contributed by atoms with E-state index in [9.17, 15) is 24.3 Å². The number of rotatable bonds is 14. The number of esters is 1. The number of ether oxygens (including phenoxy) is 2. The standard InChI is InChI=1S/C41H50N4O7/c1-41(2,3)52-37(46)24-36(43-40(50)51-26-34-32-17-9-7-15-30(32)31-16-8-10-18-33(31)34)35(19-11-14-27-12-5-4-6-13-27)44-45-39(49)42-25-28-20-22-29(23-21-28)38(47)48/h4-10,12-13,15-18,28-29,34,36H,11,14,19-26H2,1-3H3,(H,43,50)(H,47,48)(H2,42,45,49)/b44-35+/t28?,29?,36-/m0/s1. The minimum absolute atomic E-state index is 0.0918. The van der Waals surface area contributed by atoms with Crippen LogP contribution < -0.4 is 16.1 Å². The van der Waals surface area contributed by atoms with Gasteiger partial charge in [0, 0.05) is 12.5 Å². The zero-order valence-corrected chi connectivity index (χ0v) is 30.2. The maximum absolute atomic E-state index is 13.5. The number of hydrogen-bond acceptors (Lipinski definition) is 7. The van der Waals surface area contributed by atoms with E-state index in [1.165, 1.54) is 0 Å². The number of alkyl carbamates (subject to hydrolysis) is 1. The number of hydrazone groups is 1. The molecule has 4 N–H and O–H groups in total. The molecule has 2 aliphatic carbocycles. The van der Waals surface area contributed by atoms with E-state index in [0.717, 1.165) is 34.2 Å². The van der Waals surface area contributed by atoms with Crippen molar-refractivity contribution < 1.29 is 33.8 Å². The number of carboxylic acid groups (broad SMARTS) is 1.